The third kappa shape index (κ3) is 3.13. The molecule has 1 N–H and O–H groups in total. The number of sulfonamides is 1. The Morgan fingerprint density at radius 3 is 2.73 bits per heavy atom. The van der Waals surface area contributed by atoms with Gasteiger partial charge in [-0.25, -0.2) is 4.98 Å². The topological polar surface area (TPSA) is 111 Å². The monoisotopic (exact) mass is 426 g/mol. The van der Waals surface area contributed by atoms with E-state index in [-0.39, 0.29) is 16.5 Å². The van der Waals surface area contributed by atoms with Gasteiger partial charge in [0.2, 0.25) is 0 Å². The number of hydrogen-bond acceptors (Lipinski definition) is 6. The fraction of sp³-hybridized carbons (Fsp3) is 0.381. The number of carbonyl (C=O) groups excluding carboxylic acids is 1. The number of amides is 1. The molecule has 2 atom stereocenters. The third-order valence-corrected chi connectivity index (χ3v) is 7.75. The van der Waals surface area contributed by atoms with Crippen LogP contribution in [0.5, 0.6) is 0 Å². The summed E-state index contributed by atoms with van der Waals surface area (Å²) in [6.45, 7) is 0.388. The number of carbonyl (C=O) groups is 1. The molecule has 1 aromatic carbocycles. The maximum Gasteiger partial charge on any atom is 0.259 e. The molecule has 0 radical (unpaired) electrons. The van der Waals surface area contributed by atoms with Gasteiger partial charge >= 0.3 is 0 Å². The van der Waals surface area contributed by atoms with Crippen LogP contribution in [0, 0.1) is 0 Å². The molecule has 1 saturated carbocycles. The second-order valence-corrected chi connectivity index (χ2v) is 9.67. The Balaban J connectivity index is 1.62. The van der Waals surface area contributed by atoms with E-state index in [1.807, 2.05) is 0 Å². The van der Waals surface area contributed by atoms with Gasteiger partial charge in [-0.15, -0.1) is 4.31 Å². The van der Waals surface area contributed by atoms with Crippen molar-refractivity contribution < 1.29 is 18.1 Å². The Hall–Kier alpha value is -2.62. The molecule has 1 aliphatic carbocycles. The van der Waals surface area contributed by atoms with Crippen LogP contribution >= 0.6 is 0 Å². The minimum Gasteiger partial charge on any atom is -0.593 e. The lowest BCUT2D eigenvalue weighted by atomic mass is 10.0. The molecule has 2 aromatic heterocycles. The highest BCUT2D eigenvalue weighted by atomic mass is 32.3. The van der Waals surface area contributed by atoms with Gasteiger partial charge in [-0.2, -0.15) is 0 Å². The number of pyridine rings is 1. The molecule has 8 nitrogen and oxygen atoms in total. The normalized spacial score (nSPS) is 21.6. The van der Waals surface area contributed by atoms with Crippen LogP contribution in [0.15, 0.2) is 45.8 Å². The first kappa shape index (κ1) is 19.3. The van der Waals surface area contributed by atoms with Gasteiger partial charge in [-0.3, -0.25) is 4.79 Å². The van der Waals surface area contributed by atoms with Gasteiger partial charge in [0, 0.05) is 25.2 Å². The molecule has 1 aliphatic heterocycles. The van der Waals surface area contributed by atoms with Gasteiger partial charge in [-0.1, -0.05) is 27.6 Å². The minimum absolute atomic E-state index is 0.241. The summed E-state index contributed by atoms with van der Waals surface area (Å²) in [7, 11) is -2.13. The average molecular weight is 426 g/mol. The molecule has 5 rings (SSSR count). The van der Waals surface area contributed by atoms with Crippen LogP contribution in [-0.2, 0) is 14.6 Å². The molecule has 2 fully saturated rings. The van der Waals surface area contributed by atoms with E-state index in [4.69, 9.17) is 4.52 Å². The van der Waals surface area contributed by atoms with Crippen molar-refractivity contribution in [1.82, 2.24) is 19.8 Å². The zero-order chi connectivity index (χ0) is 20.9. The summed E-state index contributed by atoms with van der Waals surface area (Å²) in [5.74, 6) is 0.0806. The van der Waals surface area contributed by atoms with E-state index in [0.29, 0.717) is 41.9 Å². The molecule has 2 unspecified atom stereocenters. The number of hydrogen-bond donors (Lipinski definition) is 1. The molecule has 2 aliphatic rings. The van der Waals surface area contributed by atoms with Crippen LogP contribution < -0.4 is 5.32 Å². The van der Waals surface area contributed by atoms with Crippen molar-refractivity contribution in [2.75, 3.05) is 13.6 Å². The van der Waals surface area contributed by atoms with Crippen LogP contribution in [0.3, 0.4) is 0 Å². The first-order valence-corrected chi connectivity index (χ1v) is 11.5. The summed E-state index contributed by atoms with van der Waals surface area (Å²) < 4.78 is 33.5. The SMILES string of the molecule is CNC(=O)c1cc(C2CC2)nc2onc(C3CCCN3[S+](=O)([O-])c3ccccc3)c12. The van der Waals surface area contributed by atoms with Crippen molar-refractivity contribution in [3.63, 3.8) is 0 Å². The maximum absolute atomic E-state index is 13.3. The first-order chi connectivity index (χ1) is 14.5. The van der Waals surface area contributed by atoms with E-state index in [9.17, 15) is 13.6 Å². The van der Waals surface area contributed by atoms with Crippen LogP contribution in [0.1, 0.15) is 59.4 Å². The van der Waals surface area contributed by atoms with Crippen molar-refractivity contribution in [3.8, 4) is 0 Å². The lowest BCUT2D eigenvalue weighted by Crippen LogP contribution is -2.36. The fourth-order valence-corrected chi connectivity index (χ4v) is 5.83. The molecule has 0 bridgehead atoms. The van der Waals surface area contributed by atoms with Crippen molar-refractivity contribution in [2.45, 2.75) is 42.5 Å². The Kier molecular flexibility index (Phi) is 4.68. The number of nitrogens with one attached hydrogen (secondary N) is 1. The van der Waals surface area contributed by atoms with Gasteiger partial charge < -0.3 is 14.4 Å². The summed E-state index contributed by atoms with van der Waals surface area (Å²) >= 11 is 0. The summed E-state index contributed by atoms with van der Waals surface area (Å²) in [4.78, 5) is 17.5. The van der Waals surface area contributed by atoms with E-state index in [0.717, 1.165) is 18.5 Å². The van der Waals surface area contributed by atoms with Gasteiger partial charge in [0.25, 0.3) is 11.6 Å². The third-order valence-electron chi connectivity index (χ3n) is 5.83. The van der Waals surface area contributed by atoms with E-state index >= 15 is 0 Å². The van der Waals surface area contributed by atoms with E-state index in [2.05, 4.69) is 15.5 Å². The zero-order valence-corrected chi connectivity index (χ0v) is 17.4. The van der Waals surface area contributed by atoms with E-state index in [1.165, 1.54) is 4.31 Å². The molecule has 156 valence electrons. The molecular formula is C21H22N4O4S. The average Bonchev–Trinajstić information content (AvgIpc) is 3.34. The van der Waals surface area contributed by atoms with E-state index < -0.39 is 16.4 Å². The summed E-state index contributed by atoms with van der Waals surface area (Å²) in [5.41, 5.74) is 2.00. The van der Waals surface area contributed by atoms with E-state index in [1.54, 1.807) is 43.4 Å². The van der Waals surface area contributed by atoms with Crippen molar-refractivity contribution in [2.24, 2.45) is 0 Å². The van der Waals surface area contributed by atoms with Crippen molar-refractivity contribution in [3.05, 3.63) is 53.3 Å². The molecule has 3 aromatic rings. The van der Waals surface area contributed by atoms with Crippen LogP contribution in [-0.4, -0.2) is 38.5 Å². The lowest BCUT2D eigenvalue weighted by molar-refractivity contribution is 0.0964. The lowest BCUT2D eigenvalue weighted by Gasteiger charge is -2.27. The number of nitrogens with zero attached hydrogens (tertiary/aromatic N) is 3. The number of benzene rings is 1. The van der Waals surface area contributed by atoms with Gasteiger partial charge in [0.15, 0.2) is 15.3 Å². The highest BCUT2D eigenvalue weighted by molar-refractivity contribution is 7.95. The fourth-order valence-electron chi connectivity index (χ4n) is 4.15. The molecule has 1 amide bonds. The second kappa shape index (κ2) is 7.26. The molecule has 30 heavy (non-hydrogen) atoms. The number of aromatic nitrogens is 2. The molecular weight excluding hydrogens is 404 g/mol. The smallest absolute Gasteiger partial charge is 0.259 e. The Morgan fingerprint density at radius 1 is 1.27 bits per heavy atom. The maximum atomic E-state index is 13.3. The van der Waals surface area contributed by atoms with Crippen molar-refractivity contribution in [1.29, 1.82) is 0 Å². The first-order valence-electron chi connectivity index (χ1n) is 10.1. The Bertz CT molecular complexity index is 1160. The number of fused-ring (bicyclic) bond motifs is 1. The van der Waals surface area contributed by atoms with Crippen LogP contribution in [0.2, 0.25) is 0 Å². The second-order valence-electron chi connectivity index (χ2n) is 7.78. The number of rotatable bonds is 5. The Labute approximate surface area is 175 Å². The van der Waals surface area contributed by atoms with Gasteiger partial charge in [0.05, 0.1) is 10.9 Å². The predicted molar refractivity (Wildman–Crippen MR) is 109 cm³/mol. The Morgan fingerprint density at radius 2 is 2.03 bits per heavy atom. The minimum atomic E-state index is -3.70. The molecule has 9 heteroatoms. The largest absolute Gasteiger partial charge is 0.593 e. The van der Waals surface area contributed by atoms with Gasteiger partial charge in [0.1, 0.15) is 11.7 Å². The molecule has 0 spiro atoms. The highest BCUT2D eigenvalue weighted by Crippen LogP contribution is 2.44. The van der Waals surface area contributed by atoms with Crippen LogP contribution in [0.4, 0.5) is 0 Å². The highest BCUT2D eigenvalue weighted by Gasteiger charge is 2.43. The van der Waals surface area contributed by atoms with Crippen LogP contribution in [0.25, 0.3) is 11.1 Å². The summed E-state index contributed by atoms with van der Waals surface area (Å²) in [6.07, 6.45) is 3.38. The summed E-state index contributed by atoms with van der Waals surface area (Å²) in [5, 5.41) is 7.38. The molecule has 3 heterocycles. The summed E-state index contributed by atoms with van der Waals surface area (Å²) in [6, 6.07) is 9.66. The zero-order valence-electron chi connectivity index (χ0n) is 16.5. The standard InChI is InChI=1S/C21H22N4O4S/c1-22-20(26)15-12-16(13-9-10-13)23-21-18(15)19(24-29-21)17-8-5-11-25(17)30(27,28)14-6-3-2-4-7-14/h2-4,6-7,12-13,17H,5,8-11H2,1H3,(H-,22,26,27,28). The van der Waals surface area contributed by atoms with Crippen molar-refractivity contribution >= 4 is 27.4 Å². The quantitative estimate of drug-likeness (QED) is 0.627. The molecule has 1 saturated heterocycles. The van der Waals surface area contributed by atoms with Gasteiger partial charge in [-0.05, 0) is 43.9 Å². The predicted octanol–water partition coefficient (Wildman–Crippen LogP) is 3.20.